The van der Waals surface area contributed by atoms with Crippen LogP contribution >= 0.6 is 0 Å². The van der Waals surface area contributed by atoms with E-state index in [1.807, 2.05) is 0 Å². The Labute approximate surface area is 93.2 Å². The average molecular weight is 211 g/mol. The third-order valence-electron chi connectivity index (χ3n) is 5.18. The molecule has 0 bridgehead atoms. The van der Waals surface area contributed by atoms with Crippen molar-refractivity contribution in [2.24, 2.45) is 28.4 Å². The van der Waals surface area contributed by atoms with Crippen LogP contribution in [0.1, 0.15) is 46.0 Å². The minimum Gasteiger partial charge on any atom is -0.396 e. The van der Waals surface area contributed by atoms with Crippen LogP contribution < -0.4 is 5.73 Å². The first-order valence-corrected chi connectivity index (χ1v) is 6.43. The van der Waals surface area contributed by atoms with Gasteiger partial charge in [-0.05, 0) is 36.5 Å². The SMILES string of the molecule is CC(C)C1CCCCC12CC2(CN)CO. The number of aliphatic hydroxyl groups is 1. The summed E-state index contributed by atoms with van der Waals surface area (Å²) in [5.74, 6) is 1.53. The molecule has 3 unspecified atom stereocenters. The van der Waals surface area contributed by atoms with Crippen molar-refractivity contribution >= 4 is 0 Å². The van der Waals surface area contributed by atoms with Crippen LogP contribution in [0.25, 0.3) is 0 Å². The van der Waals surface area contributed by atoms with E-state index in [0.717, 1.165) is 11.8 Å². The van der Waals surface area contributed by atoms with Crippen molar-refractivity contribution in [3.05, 3.63) is 0 Å². The first-order valence-electron chi connectivity index (χ1n) is 6.43. The van der Waals surface area contributed by atoms with Gasteiger partial charge >= 0.3 is 0 Å². The first kappa shape index (κ1) is 11.4. The van der Waals surface area contributed by atoms with Gasteiger partial charge < -0.3 is 10.8 Å². The summed E-state index contributed by atoms with van der Waals surface area (Å²) in [6, 6.07) is 0. The van der Waals surface area contributed by atoms with Crippen LogP contribution in [0, 0.1) is 22.7 Å². The third kappa shape index (κ3) is 1.45. The van der Waals surface area contributed by atoms with Crippen LogP contribution in [-0.2, 0) is 0 Å². The summed E-state index contributed by atoms with van der Waals surface area (Å²) in [5, 5.41) is 9.59. The fourth-order valence-electron chi connectivity index (χ4n) is 4.23. The van der Waals surface area contributed by atoms with Crippen molar-refractivity contribution in [1.29, 1.82) is 0 Å². The standard InChI is InChI=1S/C13H25NO/c1-10(2)11-5-3-4-6-13(11)7-12(13,8-14)9-15/h10-11,15H,3-9,14H2,1-2H3. The van der Waals surface area contributed by atoms with Gasteiger partial charge in [-0.3, -0.25) is 0 Å². The molecule has 2 rings (SSSR count). The second-order valence-electron chi connectivity index (χ2n) is 6.07. The molecule has 0 aliphatic heterocycles. The van der Waals surface area contributed by atoms with Gasteiger partial charge in [0.05, 0.1) is 6.61 Å². The lowest BCUT2D eigenvalue weighted by Crippen LogP contribution is -2.36. The minimum atomic E-state index is 0.0857. The second-order valence-corrected chi connectivity index (χ2v) is 6.07. The van der Waals surface area contributed by atoms with E-state index in [9.17, 15) is 5.11 Å². The third-order valence-corrected chi connectivity index (χ3v) is 5.18. The number of aliphatic hydroxyl groups excluding tert-OH is 1. The topological polar surface area (TPSA) is 46.2 Å². The van der Waals surface area contributed by atoms with E-state index < -0.39 is 0 Å². The van der Waals surface area contributed by atoms with Crippen molar-refractivity contribution in [1.82, 2.24) is 0 Å². The van der Waals surface area contributed by atoms with Crippen molar-refractivity contribution in [3.63, 3.8) is 0 Å². The summed E-state index contributed by atoms with van der Waals surface area (Å²) in [6.45, 7) is 5.63. The molecule has 15 heavy (non-hydrogen) atoms. The molecule has 0 aromatic heterocycles. The van der Waals surface area contributed by atoms with Crippen LogP contribution in [0.2, 0.25) is 0 Å². The molecule has 3 N–H and O–H groups in total. The largest absolute Gasteiger partial charge is 0.396 e. The molecule has 2 heteroatoms. The smallest absolute Gasteiger partial charge is 0.0505 e. The Morgan fingerprint density at radius 1 is 1.40 bits per heavy atom. The lowest BCUT2D eigenvalue weighted by atomic mass is 9.67. The van der Waals surface area contributed by atoms with Crippen LogP contribution in [-0.4, -0.2) is 18.3 Å². The highest BCUT2D eigenvalue weighted by atomic mass is 16.3. The van der Waals surface area contributed by atoms with E-state index in [-0.39, 0.29) is 5.41 Å². The minimum absolute atomic E-state index is 0.0857. The Morgan fingerprint density at radius 2 is 2.13 bits per heavy atom. The molecule has 2 aliphatic carbocycles. The molecule has 1 spiro atoms. The number of nitrogens with two attached hydrogens (primary N) is 1. The predicted octanol–water partition coefficient (Wildman–Crippen LogP) is 2.16. The number of hydrogen-bond acceptors (Lipinski definition) is 2. The normalized spacial score (nSPS) is 45.0. The van der Waals surface area contributed by atoms with E-state index in [4.69, 9.17) is 5.73 Å². The van der Waals surface area contributed by atoms with E-state index in [2.05, 4.69) is 13.8 Å². The summed E-state index contributed by atoms with van der Waals surface area (Å²) in [4.78, 5) is 0. The van der Waals surface area contributed by atoms with Gasteiger partial charge in [0.2, 0.25) is 0 Å². The summed E-state index contributed by atoms with van der Waals surface area (Å²) in [7, 11) is 0. The van der Waals surface area contributed by atoms with Crippen molar-refractivity contribution in [2.75, 3.05) is 13.2 Å². The van der Waals surface area contributed by atoms with E-state index in [1.165, 1.54) is 32.1 Å². The maximum atomic E-state index is 9.59. The molecule has 0 heterocycles. The summed E-state index contributed by atoms with van der Waals surface area (Å²) in [5.41, 5.74) is 6.38. The monoisotopic (exact) mass is 211 g/mol. The van der Waals surface area contributed by atoms with Gasteiger partial charge in [-0.15, -0.1) is 0 Å². The Hall–Kier alpha value is -0.0800. The van der Waals surface area contributed by atoms with Crippen LogP contribution in [0.3, 0.4) is 0 Å². The lowest BCUT2D eigenvalue weighted by molar-refractivity contribution is 0.0804. The van der Waals surface area contributed by atoms with Gasteiger partial charge in [-0.1, -0.05) is 26.7 Å². The number of hydrogen-bond donors (Lipinski definition) is 2. The quantitative estimate of drug-likeness (QED) is 0.751. The second kappa shape index (κ2) is 3.74. The molecule has 2 fully saturated rings. The lowest BCUT2D eigenvalue weighted by Gasteiger charge is -2.38. The van der Waals surface area contributed by atoms with Crippen LogP contribution in [0.4, 0.5) is 0 Å². The molecular weight excluding hydrogens is 186 g/mol. The number of rotatable bonds is 3. The fourth-order valence-corrected chi connectivity index (χ4v) is 4.23. The van der Waals surface area contributed by atoms with Crippen molar-refractivity contribution in [3.8, 4) is 0 Å². The maximum absolute atomic E-state index is 9.59. The molecule has 2 nitrogen and oxygen atoms in total. The highest BCUT2D eigenvalue weighted by Crippen LogP contribution is 2.73. The van der Waals surface area contributed by atoms with Gasteiger partial charge in [0.25, 0.3) is 0 Å². The van der Waals surface area contributed by atoms with E-state index >= 15 is 0 Å². The highest BCUT2D eigenvalue weighted by molar-refractivity contribution is 5.18. The molecule has 2 saturated carbocycles. The first-order chi connectivity index (χ1) is 7.12. The molecule has 0 radical (unpaired) electrons. The zero-order chi connectivity index (χ0) is 11.1. The molecule has 3 atom stereocenters. The Balaban J connectivity index is 2.19. The summed E-state index contributed by atoms with van der Waals surface area (Å²) >= 11 is 0. The molecule has 2 aliphatic rings. The Morgan fingerprint density at radius 3 is 2.60 bits per heavy atom. The molecule has 0 aromatic rings. The highest BCUT2D eigenvalue weighted by Gasteiger charge is 2.69. The summed E-state index contributed by atoms with van der Waals surface area (Å²) in [6.07, 6.45) is 6.53. The molecular formula is C13H25NO. The van der Waals surface area contributed by atoms with Gasteiger partial charge in [-0.2, -0.15) is 0 Å². The Bertz CT molecular complexity index is 235. The summed E-state index contributed by atoms with van der Waals surface area (Å²) < 4.78 is 0. The molecule has 0 aromatic carbocycles. The van der Waals surface area contributed by atoms with E-state index in [0.29, 0.717) is 18.6 Å². The van der Waals surface area contributed by atoms with Gasteiger partial charge in [-0.25, -0.2) is 0 Å². The Kier molecular flexibility index (Phi) is 2.85. The zero-order valence-corrected chi connectivity index (χ0v) is 10.1. The van der Waals surface area contributed by atoms with Crippen LogP contribution in [0.15, 0.2) is 0 Å². The average Bonchev–Trinajstić information content (AvgIpc) is 2.87. The van der Waals surface area contributed by atoms with Crippen molar-refractivity contribution < 1.29 is 5.11 Å². The fraction of sp³-hybridized carbons (Fsp3) is 1.00. The van der Waals surface area contributed by atoms with Gasteiger partial charge in [0.1, 0.15) is 0 Å². The van der Waals surface area contributed by atoms with Crippen molar-refractivity contribution in [2.45, 2.75) is 46.0 Å². The van der Waals surface area contributed by atoms with Gasteiger partial charge in [0, 0.05) is 12.0 Å². The van der Waals surface area contributed by atoms with E-state index in [1.54, 1.807) is 0 Å². The molecule has 0 amide bonds. The zero-order valence-electron chi connectivity index (χ0n) is 10.1. The maximum Gasteiger partial charge on any atom is 0.0505 e. The molecule has 88 valence electrons. The van der Waals surface area contributed by atoms with Crippen LogP contribution in [0.5, 0.6) is 0 Å². The molecule has 0 saturated heterocycles. The van der Waals surface area contributed by atoms with Gasteiger partial charge in [0.15, 0.2) is 0 Å². The predicted molar refractivity (Wildman–Crippen MR) is 62.4 cm³/mol.